The molecule has 32 heteroatoms. The number of ether oxygens (including phenoxy) is 11. The zero-order chi connectivity index (χ0) is 114. The van der Waals surface area contributed by atoms with Crippen molar-refractivity contribution in [2.75, 3.05) is 74.2 Å². The van der Waals surface area contributed by atoms with E-state index in [1.54, 1.807) is 76.2 Å². The Morgan fingerprint density at radius 3 is 0.741 bits per heavy atom. The number of methoxy groups -OCH3 is 3. The van der Waals surface area contributed by atoms with Crippen LogP contribution in [0.5, 0.6) is 0 Å². The van der Waals surface area contributed by atoms with Crippen molar-refractivity contribution in [3.63, 3.8) is 0 Å². The zero-order valence-corrected chi connectivity index (χ0v) is 94.8. The quantitative estimate of drug-likeness (QED) is 0.0158. The Hall–Kier alpha value is -10.2. The van der Waals surface area contributed by atoms with Gasteiger partial charge in [-0.3, -0.25) is 62.3 Å². The molecule has 826 valence electrons. The van der Waals surface area contributed by atoms with Gasteiger partial charge in [0.2, 0.25) is 0 Å². The molecule has 1 aliphatic rings. The second-order valence-electron chi connectivity index (χ2n) is 41.7. The molecular formula is C111H190O32. The van der Waals surface area contributed by atoms with E-state index in [0.717, 1.165) is 55.2 Å². The van der Waals surface area contributed by atoms with Gasteiger partial charge in [0.25, 0.3) is 0 Å². The summed E-state index contributed by atoms with van der Waals surface area (Å²) in [5, 5.41) is 60.0. The van der Waals surface area contributed by atoms with Crippen LogP contribution in [0.25, 0.3) is 0 Å². The molecule has 0 amide bonds. The van der Waals surface area contributed by atoms with E-state index in [1.807, 2.05) is 257 Å². The molecule has 3 atom stereocenters. The van der Waals surface area contributed by atoms with Gasteiger partial charge in [-0.25, -0.2) is 4.79 Å². The Morgan fingerprint density at radius 1 is 0.329 bits per heavy atom. The summed E-state index contributed by atoms with van der Waals surface area (Å²) in [6.07, 6.45) is 8.02. The maximum atomic E-state index is 11.9. The van der Waals surface area contributed by atoms with E-state index < -0.39 is 84.7 Å². The molecule has 32 nitrogen and oxygen atoms in total. The average molecular weight is 2040 g/mol. The Morgan fingerprint density at radius 2 is 0.552 bits per heavy atom. The van der Waals surface area contributed by atoms with Gasteiger partial charge in [-0.2, -0.15) is 0 Å². The van der Waals surface area contributed by atoms with Gasteiger partial charge in [0.1, 0.15) is 52.4 Å². The minimum Gasteiger partial charge on any atom is -0.481 e. The molecule has 3 aromatic carbocycles. The molecule has 0 radical (unpaired) electrons. The molecule has 0 aromatic heterocycles. The van der Waals surface area contributed by atoms with E-state index in [1.165, 1.54) is 28.3 Å². The third kappa shape index (κ3) is 65.0. The van der Waals surface area contributed by atoms with Crippen LogP contribution in [0.3, 0.4) is 0 Å². The number of aliphatic carboxylic acids is 4. The topological polar surface area (TPSA) is 482 Å². The normalized spacial score (nSPS) is 14.0. The van der Waals surface area contributed by atoms with Gasteiger partial charge in [-0.05, 0) is 266 Å². The number of esters is 10. The first kappa shape index (κ1) is 148. The average Bonchev–Trinajstić information content (AvgIpc) is 0.774. The standard InChI is InChI=1S/C13H22O5.3C13H18O2.C12H20O5.2C8H16O3.C7H14O2.4C6H12O2/c1-6-13(4,5)12(16)18-8-10(14)7-17-11(15)9(2)3;3*1-4-13(2,3)12(14)15-10-11-8-6-5-7-9-11;1-5-12(10(14)16-4)6-11(2,7-17-8-12)9(13)15-3;2*1-4-8(2,3)7(10)11-6-5-9;1-5-7(2,3)6(8)9-4;4*1-4-6(2,3)5(7)8/h10,14H,2,6-8H2,1,3-5H3;3*5-9H,4,10H2,1-3H3;5-8H2,1-4H3;2*9H,4-6H2,1-3H3;5H2,1-4H3;4*4H2,1-3H3,(H,7,8). The van der Waals surface area contributed by atoms with Gasteiger partial charge in [-0.1, -0.05) is 181 Å². The molecule has 0 bridgehead atoms. The fraction of sp³-hybridized carbons (Fsp3) is 0.694. The van der Waals surface area contributed by atoms with Gasteiger partial charge < -0.3 is 87.9 Å². The first-order valence-electron chi connectivity index (χ1n) is 49.1. The van der Waals surface area contributed by atoms with E-state index in [-0.39, 0.29) is 127 Å². The fourth-order valence-electron chi connectivity index (χ4n) is 8.44. The van der Waals surface area contributed by atoms with Gasteiger partial charge in [0.15, 0.2) is 0 Å². The lowest BCUT2D eigenvalue weighted by Gasteiger charge is -2.42. The van der Waals surface area contributed by atoms with Gasteiger partial charge in [0.05, 0.1) is 118 Å². The molecule has 3 unspecified atom stereocenters. The van der Waals surface area contributed by atoms with Crippen LogP contribution in [0, 0.1) is 70.4 Å². The summed E-state index contributed by atoms with van der Waals surface area (Å²) >= 11 is 0. The highest BCUT2D eigenvalue weighted by Gasteiger charge is 2.52. The van der Waals surface area contributed by atoms with Gasteiger partial charge >= 0.3 is 83.6 Å². The number of rotatable bonds is 40. The van der Waals surface area contributed by atoms with E-state index in [0.29, 0.717) is 71.4 Å². The summed E-state index contributed by atoms with van der Waals surface area (Å²) in [7, 11) is 4.11. The Labute approximate surface area is 857 Å². The second kappa shape index (κ2) is 73.8. The monoisotopic (exact) mass is 2040 g/mol. The number of carbonyl (C=O) groups excluding carboxylic acids is 10. The SMILES string of the molecule is C=C(C)C(=O)OCC(O)COC(=O)C(C)(C)CC.CCC(C)(C)C(=O)O.CCC(C)(C)C(=O)O.CCC(C)(C)C(=O)O.CCC(C)(C)C(=O)O.CCC(C)(C)C(=O)OC.CCC(C)(C)C(=O)OCCO.CCC(C)(C)C(=O)OCCO.CCC(C)(C)C(=O)OCc1ccccc1.CCC(C)(C)C(=O)OCc1ccccc1.CCC(C)(C)C(=O)OCc1ccccc1.CCC1(C(=O)OC)COCC(C)(C(=O)OC)C1. The van der Waals surface area contributed by atoms with Crippen molar-refractivity contribution in [1.82, 2.24) is 0 Å². The molecule has 4 rings (SSSR count). The van der Waals surface area contributed by atoms with Crippen molar-refractivity contribution >= 4 is 83.6 Å². The van der Waals surface area contributed by atoms with Crippen molar-refractivity contribution in [2.24, 2.45) is 70.4 Å². The predicted molar refractivity (Wildman–Crippen MR) is 555 cm³/mol. The Balaban J connectivity index is -0.000000234. The molecule has 1 saturated heterocycles. The molecule has 0 aliphatic carbocycles. The van der Waals surface area contributed by atoms with Crippen molar-refractivity contribution in [3.05, 3.63) is 120 Å². The van der Waals surface area contributed by atoms with Crippen LogP contribution in [0.4, 0.5) is 0 Å². The van der Waals surface area contributed by atoms with Crippen LogP contribution < -0.4 is 0 Å². The van der Waals surface area contributed by atoms with Crippen LogP contribution >= 0.6 is 0 Å². The lowest BCUT2D eigenvalue weighted by Crippen LogP contribution is -2.50. The highest BCUT2D eigenvalue weighted by molar-refractivity contribution is 5.87. The third-order valence-electron chi connectivity index (χ3n) is 25.0. The largest absolute Gasteiger partial charge is 0.481 e. The number of aliphatic hydroxyl groups excluding tert-OH is 3. The minimum absolute atomic E-state index is 0.0995. The molecule has 1 fully saturated rings. The van der Waals surface area contributed by atoms with E-state index in [9.17, 15) is 72.2 Å². The Bertz CT molecular complexity index is 3840. The van der Waals surface area contributed by atoms with E-state index in [4.69, 9.17) is 78.0 Å². The van der Waals surface area contributed by atoms with Crippen LogP contribution in [-0.4, -0.2) is 200 Å². The smallest absolute Gasteiger partial charge is 0.333 e. The van der Waals surface area contributed by atoms with Crippen LogP contribution in [-0.2, 0) is 139 Å². The number of benzene rings is 3. The lowest BCUT2D eigenvalue weighted by atomic mass is 9.69. The van der Waals surface area contributed by atoms with Crippen molar-refractivity contribution in [3.8, 4) is 0 Å². The molecule has 7 N–H and O–H groups in total. The van der Waals surface area contributed by atoms with Crippen molar-refractivity contribution in [2.45, 2.75) is 359 Å². The van der Waals surface area contributed by atoms with Crippen LogP contribution in [0.15, 0.2) is 103 Å². The summed E-state index contributed by atoms with van der Waals surface area (Å²) in [5.74, 6) is -5.53. The fourth-order valence-corrected chi connectivity index (χ4v) is 8.44. The van der Waals surface area contributed by atoms with Crippen LogP contribution in [0.2, 0.25) is 0 Å². The Kier molecular flexibility index (Phi) is 76.5. The van der Waals surface area contributed by atoms with Gasteiger partial charge in [-0.15, -0.1) is 0 Å². The number of carboxylic acids is 4. The molecule has 0 saturated carbocycles. The predicted octanol–water partition coefficient (Wildman–Crippen LogP) is 21.6. The third-order valence-corrected chi connectivity index (χ3v) is 25.0. The van der Waals surface area contributed by atoms with E-state index >= 15 is 0 Å². The van der Waals surface area contributed by atoms with Crippen LogP contribution in [0.1, 0.15) is 349 Å². The molecule has 3 aromatic rings. The molecular weight excluding hydrogens is 1850 g/mol. The zero-order valence-electron chi connectivity index (χ0n) is 94.8. The molecule has 143 heavy (non-hydrogen) atoms. The molecule has 1 aliphatic heterocycles. The summed E-state index contributed by atoms with van der Waals surface area (Å²) in [6, 6.07) is 29.2. The molecule has 0 spiro atoms. The first-order valence-corrected chi connectivity index (χ1v) is 49.1. The first-order chi connectivity index (χ1) is 65.5. The number of carbonyl (C=O) groups is 14. The van der Waals surface area contributed by atoms with Crippen molar-refractivity contribution < 1.29 is 155 Å². The maximum absolute atomic E-state index is 11.9. The van der Waals surface area contributed by atoms with Gasteiger partial charge in [0, 0.05) is 5.57 Å². The summed E-state index contributed by atoms with van der Waals surface area (Å²) in [6.45, 7) is 70.7. The van der Waals surface area contributed by atoms with Crippen molar-refractivity contribution in [1.29, 1.82) is 0 Å². The summed E-state index contributed by atoms with van der Waals surface area (Å²) in [5.41, 5.74) is -3.22. The number of hydrogen-bond acceptors (Lipinski definition) is 28. The van der Waals surface area contributed by atoms with E-state index in [2.05, 4.69) is 11.3 Å². The second-order valence-corrected chi connectivity index (χ2v) is 41.7. The highest BCUT2D eigenvalue weighted by Crippen LogP contribution is 2.43. The number of carboxylic acid groups (broad SMARTS) is 4. The minimum atomic E-state index is -1.02. The highest BCUT2D eigenvalue weighted by atomic mass is 16.6. The number of hydrogen-bond donors (Lipinski definition) is 7. The maximum Gasteiger partial charge on any atom is 0.333 e. The summed E-state index contributed by atoms with van der Waals surface area (Å²) < 4.78 is 54.5. The number of aliphatic hydroxyl groups is 3. The summed E-state index contributed by atoms with van der Waals surface area (Å²) in [4.78, 5) is 155. The molecule has 1 heterocycles. The lowest BCUT2D eigenvalue weighted by molar-refractivity contribution is -0.181.